The molecule has 0 bridgehead atoms. The summed E-state index contributed by atoms with van der Waals surface area (Å²) in [4.78, 5) is 28.4. The Bertz CT molecular complexity index is 1410. The highest BCUT2D eigenvalue weighted by molar-refractivity contribution is 7.89. The fourth-order valence-corrected chi connectivity index (χ4v) is 6.71. The Morgan fingerprint density at radius 2 is 1.65 bits per heavy atom. The lowest BCUT2D eigenvalue weighted by molar-refractivity contribution is -0.119. The molecule has 34 heavy (non-hydrogen) atoms. The minimum Gasteiger partial charge on any atom is -0.311 e. The van der Waals surface area contributed by atoms with Crippen LogP contribution in [0.15, 0.2) is 64.4 Å². The molecule has 0 radical (unpaired) electrons. The van der Waals surface area contributed by atoms with Crippen LogP contribution in [0.1, 0.15) is 31.7 Å². The molecule has 1 amide bonds. The van der Waals surface area contributed by atoms with Crippen LogP contribution in [0, 0.1) is 5.92 Å². The monoisotopic (exact) mass is 479 g/mol. The van der Waals surface area contributed by atoms with Gasteiger partial charge in [0.2, 0.25) is 15.9 Å². The molecule has 3 heterocycles. The Labute approximate surface area is 199 Å². The predicted molar refractivity (Wildman–Crippen MR) is 132 cm³/mol. The number of hydrogen-bond donors (Lipinski definition) is 0. The SMILES string of the molecule is CC1CCN(S(=O)(=O)c2cn(CC(=O)N3CCCc4ccccc43)c(=O)c3ccccc23)CC1. The lowest BCUT2D eigenvalue weighted by Crippen LogP contribution is -2.40. The van der Waals surface area contributed by atoms with E-state index in [1.807, 2.05) is 24.3 Å². The van der Waals surface area contributed by atoms with Gasteiger partial charge in [0.25, 0.3) is 5.56 Å². The van der Waals surface area contributed by atoms with Gasteiger partial charge in [0.1, 0.15) is 11.4 Å². The number of rotatable bonds is 4. The first-order chi connectivity index (χ1) is 16.4. The predicted octanol–water partition coefficient (Wildman–Crippen LogP) is 3.40. The van der Waals surface area contributed by atoms with E-state index in [2.05, 4.69) is 6.92 Å². The summed E-state index contributed by atoms with van der Waals surface area (Å²) in [7, 11) is -3.81. The first kappa shape index (κ1) is 22.8. The quantitative estimate of drug-likeness (QED) is 0.575. The first-order valence-electron chi connectivity index (χ1n) is 11.9. The number of carbonyl (C=O) groups excluding carboxylic acids is 1. The Morgan fingerprint density at radius 3 is 2.41 bits per heavy atom. The Morgan fingerprint density at radius 1 is 0.971 bits per heavy atom. The van der Waals surface area contributed by atoms with Crippen molar-refractivity contribution in [3.8, 4) is 0 Å². The van der Waals surface area contributed by atoms with Gasteiger partial charge in [0.05, 0.1) is 0 Å². The minimum absolute atomic E-state index is 0.0871. The van der Waals surface area contributed by atoms with Crippen molar-refractivity contribution in [2.24, 2.45) is 5.92 Å². The van der Waals surface area contributed by atoms with Crippen LogP contribution in [0.3, 0.4) is 0 Å². The van der Waals surface area contributed by atoms with E-state index in [0.717, 1.165) is 36.9 Å². The van der Waals surface area contributed by atoms with E-state index < -0.39 is 10.0 Å². The maximum atomic E-state index is 13.6. The summed E-state index contributed by atoms with van der Waals surface area (Å²) < 4.78 is 30.0. The van der Waals surface area contributed by atoms with E-state index in [-0.39, 0.29) is 22.9 Å². The van der Waals surface area contributed by atoms with Gasteiger partial charge in [-0.3, -0.25) is 9.59 Å². The molecular weight excluding hydrogens is 450 g/mol. The highest BCUT2D eigenvalue weighted by Crippen LogP contribution is 2.29. The summed E-state index contributed by atoms with van der Waals surface area (Å²) in [6.07, 6.45) is 4.74. The maximum absolute atomic E-state index is 13.6. The third-order valence-corrected chi connectivity index (χ3v) is 8.96. The minimum atomic E-state index is -3.81. The van der Waals surface area contributed by atoms with Crippen LogP contribution in [-0.4, -0.2) is 42.8 Å². The molecule has 0 N–H and O–H groups in total. The second-order valence-electron chi connectivity index (χ2n) is 9.34. The number of para-hydroxylation sites is 1. The summed E-state index contributed by atoms with van der Waals surface area (Å²) in [5, 5.41) is 0.707. The number of amides is 1. The number of nitrogens with zero attached hydrogens (tertiary/aromatic N) is 3. The lowest BCUT2D eigenvalue weighted by atomic mass is 10.0. The smallest absolute Gasteiger partial charge is 0.258 e. The molecule has 0 saturated carbocycles. The van der Waals surface area contributed by atoms with Crippen molar-refractivity contribution in [1.82, 2.24) is 8.87 Å². The van der Waals surface area contributed by atoms with Gasteiger partial charge in [-0.2, -0.15) is 4.31 Å². The average Bonchev–Trinajstić information content (AvgIpc) is 2.85. The van der Waals surface area contributed by atoms with Gasteiger partial charge in [0, 0.05) is 42.3 Å². The van der Waals surface area contributed by atoms with Crippen LogP contribution in [0.5, 0.6) is 0 Å². The van der Waals surface area contributed by atoms with Crippen molar-refractivity contribution in [1.29, 1.82) is 0 Å². The molecule has 8 heteroatoms. The van der Waals surface area contributed by atoms with E-state index in [1.165, 1.54) is 15.1 Å². The number of hydrogen-bond acceptors (Lipinski definition) is 4. The molecule has 2 aliphatic rings. The van der Waals surface area contributed by atoms with Gasteiger partial charge in [0.15, 0.2) is 0 Å². The number of aromatic nitrogens is 1. The lowest BCUT2D eigenvalue weighted by Gasteiger charge is -2.30. The molecule has 1 aromatic heterocycles. The highest BCUT2D eigenvalue weighted by Gasteiger charge is 2.31. The summed E-state index contributed by atoms with van der Waals surface area (Å²) in [6.45, 7) is 3.41. The number of benzene rings is 2. The molecule has 1 fully saturated rings. The normalized spacial score (nSPS) is 17.6. The Kier molecular flexibility index (Phi) is 6.04. The van der Waals surface area contributed by atoms with Crippen molar-refractivity contribution in [2.45, 2.75) is 44.0 Å². The fraction of sp³-hybridized carbons (Fsp3) is 0.385. The molecule has 7 nitrogen and oxygen atoms in total. The van der Waals surface area contributed by atoms with Gasteiger partial charge in [-0.05, 0) is 49.3 Å². The third kappa shape index (κ3) is 4.05. The number of fused-ring (bicyclic) bond motifs is 2. The highest BCUT2D eigenvalue weighted by atomic mass is 32.2. The van der Waals surface area contributed by atoms with E-state index in [9.17, 15) is 18.0 Å². The summed E-state index contributed by atoms with van der Waals surface area (Å²) in [5.74, 6) is 0.266. The molecule has 2 aromatic carbocycles. The number of pyridine rings is 1. The first-order valence-corrected chi connectivity index (χ1v) is 13.3. The zero-order chi connectivity index (χ0) is 23.9. The van der Waals surface area contributed by atoms with Gasteiger partial charge >= 0.3 is 0 Å². The largest absolute Gasteiger partial charge is 0.311 e. The van der Waals surface area contributed by atoms with Crippen LogP contribution >= 0.6 is 0 Å². The van der Waals surface area contributed by atoms with E-state index in [4.69, 9.17) is 0 Å². The van der Waals surface area contributed by atoms with Crippen LogP contribution < -0.4 is 10.5 Å². The Hall–Kier alpha value is -2.97. The molecular formula is C26H29N3O4S. The summed E-state index contributed by atoms with van der Waals surface area (Å²) >= 11 is 0. The second kappa shape index (κ2) is 9.00. The van der Waals surface area contributed by atoms with Crippen molar-refractivity contribution in [3.05, 3.63) is 70.6 Å². The van der Waals surface area contributed by atoms with E-state index in [1.54, 1.807) is 29.2 Å². The third-order valence-electron chi connectivity index (χ3n) is 7.03. The molecule has 0 aliphatic carbocycles. The maximum Gasteiger partial charge on any atom is 0.258 e. The zero-order valence-corrected chi connectivity index (χ0v) is 20.1. The molecule has 178 valence electrons. The van der Waals surface area contributed by atoms with Crippen molar-refractivity contribution >= 4 is 32.4 Å². The van der Waals surface area contributed by atoms with Crippen LogP contribution in [0.4, 0.5) is 5.69 Å². The molecule has 0 spiro atoms. The van der Waals surface area contributed by atoms with E-state index in [0.29, 0.717) is 36.3 Å². The molecule has 1 saturated heterocycles. The summed E-state index contributed by atoms with van der Waals surface area (Å²) in [5.41, 5.74) is 1.61. The zero-order valence-electron chi connectivity index (χ0n) is 19.3. The second-order valence-corrected chi connectivity index (χ2v) is 11.2. The van der Waals surface area contributed by atoms with Gasteiger partial charge in [-0.25, -0.2) is 8.42 Å². The molecule has 3 aromatic rings. The number of anilines is 1. The van der Waals surface area contributed by atoms with Gasteiger partial charge < -0.3 is 9.47 Å². The standard InChI is InChI=1S/C26H29N3O4S/c1-19-12-15-28(16-13-19)34(32,33)24-17-27(26(31)22-10-4-3-9-21(22)24)18-25(30)29-14-6-8-20-7-2-5-11-23(20)29/h2-5,7,9-11,17,19H,6,8,12-16,18H2,1H3. The summed E-state index contributed by atoms with van der Waals surface area (Å²) in [6, 6.07) is 14.5. The molecule has 2 aliphatic heterocycles. The topological polar surface area (TPSA) is 79.7 Å². The number of piperidine rings is 1. The average molecular weight is 480 g/mol. The van der Waals surface area contributed by atoms with Crippen LogP contribution in [0.25, 0.3) is 10.8 Å². The number of aryl methyl sites for hydroxylation is 1. The molecule has 0 unspecified atom stereocenters. The van der Waals surface area contributed by atoms with Crippen molar-refractivity contribution in [3.63, 3.8) is 0 Å². The van der Waals surface area contributed by atoms with Gasteiger partial charge in [-0.15, -0.1) is 0 Å². The fourth-order valence-electron chi connectivity index (χ4n) is 5.02. The number of sulfonamides is 1. The van der Waals surface area contributed by atoms with Crippen molar-refractivity contribution in [2.75, 3.05) is 24.5 Å². The van der Waals surface area contributed by atoms with Gasteiger partial charge in [-0.1, -0.05) is 43.3 Å². The Balaban J connectivity index is 1.55. The van der Waals surface area contributed by atoms with Crippen molar-refractivity contribution < 1.29 is 13.2 Å². The molecule has 0 atom stereocenters. The van der Waals surface area contributed by atoms with Crippen LogP contribution in [-0.2, 0) is 27.8 Å². The molecule has 5 rings (SSSR count). The number of carbonyl (C=O) groups is 1. The van der Waals surface area contributed by atoms with Crippen LogP contribution in [0.2, 0.25) is 0 Å². The van der Waals surface area contributed by atoms with E-state index >= 15 is 0 Å².